The highest BCUT2D eigenvalue weighted by atomic mass is 35.5. The van der Waals surface area contributed by atoms with Gasteiger partial charge in [0.15, 0.2) is 0 Å². The molecule has 0 radical (unpaired) electrons. The molecule has 0 bridgehead atoms. The summed E-state index contributed by atoms with van der Waals surface area (Å²) in [6.07, 6.45) is 0. The summed E-state index contributed by atoms with van der Waals surface area (Å²) >= 11 is 5.78. The summed E-state index contributed by atoms with van der Waals surface area (Å²) in [4.78, 5) is 0.197. The van der Waals surface area contributed by atoms with Crippen LogP contribution in [0.5, 0.6) is 5.75 Å². The Morgan fingerprint density at radius 1 is 1.05 bits per heavy atom. The van der Waals surface area contributed by atoms with Gasteiger partial charge in [0, 0.05) is 12.1 Å². The topological polar surface area (TPSA) is 46.6 Å². The van der Waals surface area contributed by atoms with Crippen molar-refractivity contribution in [2.45, 2.75) is 11.8 Å². The highest BCUT2D eigenvalue weighted by molar-refractivity contribution is 7.92. The van der Waals surface area contributed by atoms with Gasteiger partial charge in [0.2, 0.25) is 0 Å². The smallest absolute Gasteiger partial charge is 0.264 e. The number of nitrogens with zero attached hydrogens (tertiary/aromatic N) is 1. The fraction of sp³-hybridized carbons (Fsp3) is 0.200. The molecule has 0 aliphatic rings. The standard InChI is InChI=1S/C15H16ClNO3S/c1-3-20-14-8-6-13(7-9-14)17(2)21(18,19)15-10-4-12(16)5-11-15/h4-11H,3H2,1-2H3. The zero-order chi connectivity index (χ0) is 15.5. The van der Waals surface area contributed by atoms with Crippen molar-refractivity contribution < 1.29 is 13.2 Å². The van der Waals surface area contributed by atoms with E-state index in [9.17, 15) is 8.42 Å². The van der Waals surface area contributed by atoms with Gasteiger partial charge < -0.3 is 4.74 Å². The number of anilines is 1. The third-order valence-corrected chi connectivity index (χ3v) is 5.04. The number of rotatable bonds is 5. The van der Waals surface area contributed by atoms with E-state index in [1.807, 2.05) is 6.92 Å². The molecule has 6 heteroatoms. The normalized spacial score (nSPS) is 11.2. The maximum absolute atomic E-state index is 12.5. The lowest BCUT2D eigenvalue weighted by atomic mass is 10.3. The molecule has 0 amide bonds. The van der Waals surface area contributed by atoms with Crippen molar-refractivity contribution in [1.82, 2.24) is 0 Å². The van der Waals surface area contributed by atoms with E-state index in [1.54, 1.807) is 36.4 Å². The third kappa shape index (κ3) is 3.49. The zero-order valence-electron chi connectivity index (χ0n) is 11.8. The highest BCUT2D eigenvalue weighted by Crippen LogP contribution is 2.25. The number of hydrogen-bond acceptors (Lipinski definition) is 3. The molecule has 0 N–H and O–H groups in total. The van der Waals surface area contributed by atoms with E-state index in [1.165, 1.54) is 23.5 Å². The Bertz CT molecular complexity index is 697. The number of hydrogen-bond donors (Lipinski definition) is 0. The van der Waals surface area contributed by atoms with Crippen molar-refractivity contribution in [1.29, 1.82) is 0 Å². The molecule has 112 valence electrons. The minimum atomic E-state index is -3.60. The van der Waals surface area contributed by atoms with Crippen molar-refractivity contribution >= 4 is 27.3 Å². The maximum atomic E-state index is 12.5. The predicted octanol–water partition coefficient (Wildman–Crippen LogP) is 3.56. The molecule has 2 rings (SSSR count). The molecule has 0 heterocycles. The monoisotopic (exact) mass is 325 g/mol. The van der Waals surface area contributed by atoms with Crippen LogP contribution in [0, 0.1) is 0 Å². The van der Waals surface area contributed by atoms with Crippen LogP contribution in [0.15, 0.2) is 53.4 Å². The summed E-state index contributed by atoms with van der Waals surface area (Å²) in [5, 5.41) is 0.498. The summed E-state index contributed by atoms with van der Waals surface area (Å²) in [6, 6.07) is 13.0. The molecule has 0 atom stereocenters. The average molecular weight is 326 g/mol. The molecule has 21 heavy (non-hydrogen) atoms. The van der Waals surface area contributed by atoms with E-state index in [0.717, 1.165) is 0 Å². The van der Waals surface area contributed by atoms with E-state index in [0.29, 0.717) is 23.1 Å². The average Bonchev–Trinajstić information content (AvgIpc) is 2.48. The number of ether oxygens (including phenoxy) is 1. The zero-order valence-corrected chi connectivity index (χ0v) is 13.4. The van der Waals surface area contributed by atoms with Crippen molar-refractivity contribution in [2.75, 3.05) is 18.0 Å². The van der Waals surface area contributed by atoms with Crippen molar-refractivity contribution in [2.24, 2.45) is 0 Å². The van der Waals surface area contributed by atoms with Crippen LogP contribution in [-0.4, -0.2) is 22.1 Å². The first-order chi connectivity index (χ1) is 9.95. The molecule has 4 nitrogen and oxygen atoms in total. The van der Waals surface area contributed by atoms with Gasteiger partial charge in [0.05, 0.1) is 17.2 Å². The van der Waals surface area contributed by atoms with E-state index in [-0.39, 0.29) is 4.90 Å². The Hall–Kier alpha value is -1.72. The summed E-state index contributed by atoms with van der Waals surface area (Å²) in [6.45, 7) is 2.46. The fourth-order valence-electron chi connectivity index (χ4n) is 1.82. The Kier molecular flexibility index (Phi) is 4.75. The second-order valence-corrected chi connectivity index (χ2v) is 6.76. The quantitative estimate of drug-likeness (QED) is 0.844. The highest BCUT2D eigenvalue weighted by Gasteiger charge is 2.21. The van der Waals surface area contributed by atoms with Crippen LogP contribution in [0.1, 0.15) is 6.92 Å². The molecule has 0 saturated heterocycles. The largest absolute Gasteiger partial charge is 0.494 e. The molecule has 0 spiro atoms. The molecule has 2 aromatic carbocycles. The van der Waals surface area contributed by atoms with E-state index < -0.39 is 10.0 Å². The molecule has 0 saturated carbocycles. The summed E-state index contributed by atoms with van der Waals surface area (Å²) < 4.78 is 31.6. The molecule has 2 aromatic rings. The lowest BCUT2D eigenvalue weighted by Gasteiger charge is -2.19. The van der Waals surface area contributed by atoms with Crippen molar-refractivity contribution in [3.05, 3.63) is 53.6 Å². The van der Waals surface area contributed by atoms with E-state index >= 15 is 0 Å². The van der Waals surface area contributed by atoms with Crippen LogP contribution in [-0.2, 0) is 10.0 Å². The Morgan fingerprint density at radius 3 is 2.14 bits per heavy atom. The van der Waals surface area contributed by atoms with Crippen LogP contribution in [0.3, 0.4) is 0 Å². The van der Waals surface area contributed by atoms with Crippen molar-refractivity contribution in [3.8, 4) is 5.75 Å². The van der Waals surface area contributed by atoms with Crippen LogP contribution in [0.25, 0.3) is 0 Å². The number of sulfonamides is 1. The first kappa shape index (κ1) is 15.7. The van der Waals surface area contributed by atoms with Crippen LogP contribution < -0.4 is 9.04 Å². The fourth-order valence-corrected chi connectivity index (χ4v) is 3.14. The van der Waals surface area contributed by atoms with E-state index in [4.69, 9.17) is 16.3 Å². The second-order valence-electron chi connectivity index (χ2n) is 4.35. The van der Waals surface area contributed by atoms with Crippen LogP contribution in [0.2, 0.25) is 5.02 Å². The Labute approximate surface area is 130 Å². The van der Waals surface area contributed by atoms with Crippen LogP contribution in [0.4, 0.5) is 5.69 Å². The van der Waals surface area contributed by atoms with Gasteiger partial charge in [0.1, 0.15) is 5.75 Å². The molecule has 0 unspecified atom stereocenters. The van der Waals surface area contributed by atoms with Gasteiger partial charge in [-0.25, -0.2) is 8.42 Å². The molecular formula is C15H16ClNO3S. The van der Waals surface area contributed by atoms with Gasteiger partial charge in [-0.1, -0.05) is 11.6 Å². The van der Waals surface area contributed by atoms with Gasteiger partial charge in [0.25, 0.3) is 10.0 Å². The molecule has 0 aromatic heterocycles. The van der Waals surface area contributed by atoms with Gasteiger partial charge in [-0.3, -0.25) is 4.31 Å². The lowest BCUT2D eigenvalue weighted by molar-refractivity contribution is 0.340. The van der Waals surface area contributed by atoms with Gasteiger partial charge in [-0.15, -0.1) is 0 Å². The van der Waals surface area contributed by atoms with Crippen LogP contribution >= 0.6 is 11.6 Å². The molecule has 0 aliphatic heterocycles. The predicted molar refractivity (Wildman–Crippen MR) is 84.7 cm³/mol. The summed E-state index contributed by atoms with van der Waals surface area (Å²) in [5.41, 5.74) is 0.563. The van der Waals surface area contributed by atoms with E-state index in [2.05, 4.69) is 0 Å². The van der Waals surface area contributed by atoms with Crippen molar-refractivity contribution in [3.63, 3.8) is 0 Å². The number of halogens is 1. The molecule has 0 fully saturated rings. The Balaban J connectivity index is 2.29. The lowest BCUT2D eigenvalue weighted by Crippen LogP contribution is -2.26. The maximum Gasteiger partial charge on any atom is 0.264 e. The first-order valence-electron chi connectivity index (χ1n) is 6.42. The SMILES string of the molecule is CCOc1ccc(N(C)S(=O)(=O)c2ccc(Cl)cc2)cc1. The van der Waals surface area contributed by atoms with Gasteiger partial charge >= 0.3 is 0 Å². The minimum Gasteiger partial charge on any atom is -0.494 e. The molecule has 0 aliphatic carbocycles. The van der Waals surface area contributed by atoms with Gasteiger partial charge in [-0.2, -0.15) is 0 Å². The second kappa shape index (κ2) is 6.37. The van der Waals surface area contributed by atoms with Gasteiger partial charge in [-0.05, 0) is 55.5 Å². The third-order valence-electron chi connectivity index (χ3n) is 2.98. The molecular weight excluding hydrogens is 310 g/mol. The Morgan fingerprint density at radius 2 is 1.62 bits per heavy atom. The minimum absolute atomic E-state index is 0.197. The first-order valence-corrected chi connectivity index (χ1v) is 8.24. The number of benzene rings is 2. The summed E-state index contributed by atoms with van der Waals surface area (Å²) in [7, 11) is -2.09. The summed E-state index contributed by atoms with van der Waals surface area (Å²) in [5.74, 6) is 0.707.